The van der Waals surface area contributed by atoms with Gasteiger partial charge in [0.25, 0.3) is 0 Å². The minimum absolute atomic E-state index is 0.573. The van der Waals surface area contributed by atoms with Gasteiger partial charge in [-0.25, -0.2) is 4.98 Å². The third kappa shape index (κ3) is 6.20. The van der Waals surface area contributed by atoms with Gasteiger partial charge in [0.15, 0.2) is 0 Å². The molecule has 0 saturated carbocycles. The minimum atomic E-state index is 0.573. The number of aromatic nitrogens is 1. The topological polar surface area (TPSA) is 50.9 Å². The van der Waals surface area contributed by atoms with E-state index in [0.717, 1.165) is 10.9 Å². The highest BCUT2D eigenvalue weighted by Crippen LogP contribution is 2.11. The van der Waals surface area contributed by atoms with Gasteiger partial charge in [-0.3, -0.25) is 0 Å². The molecule has 0 unspecified atom stereocenters. The number of fused-ring (bicyclic) bond motifs is 1. The lowest BCUT2D eigenvalue weighted by Crippen LogP contribution is -2.15. The van der Waals surface area contributed by atoms with Gasteiger partial charge in [-0.1, -0.05) is 38.5 Å². The quantitative estimate of drug-likeness (QED) is 0.807. The van der Waals surface area contributed by atoms with Gasteiger partial charge in [0, 0.05) is 5.39 Å². The highest BCUT2D eigenvalue weighted by atomic mass is 14.8. The molecular weight excluding hydrogens is 234 g/mol. The maximum Gasteiger partial charge on any atom is 0.124 e. The van der Waals surface area contributed by atoms with Gasteiger partial charge >= 0.3 is 0 Å². The summed E-state index contributed by atoms with van der Waals surface area (Å²) in [6, 6.07) is 11.7. The first kappa shape index (κ1) is 15.4. The number of para-hydroxylation sites is 1. The number of nitrogen functional groups attached to an aromatic ring is 1. The largest absolute Gasteiger partial charge is 0.384 e. The van der Waals surface area contributed by atoms with E-state index < -0.39 is 0 Å². The lowest BCUT2D eigenvalue weighted by atomic mass is 10.2. The maximum atomic E-state index is 5.51. The van der Waals surface area contributed by atoms with E-state index in [0.29, 0.717) is 5.82 Å². The average Bonchev–Trinajstić information content (AvgIpc) is 2.44. The SMILES string of the molecule is CCCCNCCC.Nc1ccc2ccccc2n1. The lowest BCUT2D eigenvalue weighted by molar-refractivity contribution is 0.633. The van der Waals surface area contributed by atoms with Crippen molar-refractivity contribution in [3.05, 3.63) is 36.4 Å². The predicted octanol–water partition coefficient (Wildman–Crippen LogP) is 3.60. The summed E-state index contributed by atoms with van der Waals surface area (Å²) in [6.45, 7) is 6.79. The number of unbranched alkanes of at least 4 members (excludes halogenated alkanes) is 1. The molecule has 3 nitrogen and oxygen atoms in total. The molecule has 1 aromatic heterocycles. The molecule has 0 amide bonds. The minimum Gasteiger partial charge on any atom is -0.384 e. The fourth-order valence-electron chi connectivity index (χ4n) is 1.69. The van der Waals surface area contributed by atoms with Gasteiger partial charge < -0.3 is 11.1 Å². The third-order valence-electron chi connectivity index (χ3n) is 2.75. The van der Waals surface area contributed by atoms with Crippen LogP contribution in [0.1, 0.15) is 33.1 Å². The molecule has 3 heteroatoms. The van der Waals surface area contributed by atoms with Crippen LogP contribution >= 0.6 is 0 Å². The van der Waals surface area contributed by atoms with Crippen molar-refractivity contribution in [2.75, 3.05) is 18.8 Å². The molecule has 1 heterocycles. The Bertz CT molecular complexity index is 462. The van der Waals surface area contributed by atoms with Crippen molar-refractivity contribution in [2.45, 2.75) is 33.1 Å². The van der Waals surface area contributed by atoms with E-state index in [1.54, 1.807) is 0 Å². The Hall–Kier alpha value is -1.61. The first-order valence-corrected chi connectivity index (χ1v) is 7.10. The highest BCUT2D eigenvalue weighted by molar-refractivity contribution is 5.79. The summed E-state index contributed by atoms with van der Waals surface area (Å²) < 4.78 is 0. The molecule has 0 aliphatic carbocycles. The van der Waals surface area contributed by atoms with Gasteiger partial charge in [-0.2, -0.15) is 0 Å². The van der Waals surface area contributed by atoms with E-state index in [4.69, 9.17) is 5.73 Å². The summed E-state index contributed by atoms with van der Waals surface area (Å²) in [7, 11) is 0. The average molecular weight is 259 g/mol. The second-order valence-corrected chi connectivity index (χ2v) is 4.53. The van der Waals surface area contributed by atoms with Gasteiger partial charge in [0.1, 0.15) is 5.82 Å². The van der Waals surface area contributed by atoms with Crippen molar-refractivity contribution in [3.8, 4) is 0 Å². The van der Waals surface area contributed by atoms with Crippen LogP contribution in [0.2, 0.25) is 0 Å². The molecule has 19 heavy (non-hydrogen) atoms. The summed E-state index contributed by atoms with van der Waals surface area (Å²) in [6.07, 6.45) is 3.88. The normalized spacial score (nSPS) is 10.0. The van der Waals surface area contributed by atoms with E-state index in [1.165, 1.54) is 32.4 Å². The summed E-state index contributed by atoms with van der Waals surface area (Å²) in [5.41, 5.74) is 6.46. The number of nitrogens with one attached hydrogen (secondary N) is 1. The monoisotopic (exact) mass is 259 g/mol. The predicted molar refractivity (Wildman–Crippen MR) is 84.2 cm³/mol. The van der Waals surface area contributed by atoms with Crippen LogP contribution in [0, 0.1) is 0 Å². The summed E-state index contributed by atoms with van der Waals surface area (Å²) >= 11 is 0. The molecule has 1 aromatic carbocycles. The zero-order valence-corrected chi connectivity index (χ0v) is 12.0. The van der Waals surface area contributed by atoms with Crippen LogP contribution in [0.4, 0.5) is 5.82 Å². The molecule has 0 aliphatic rings. The van der Waals surface area contributed by atoms with Crippen molar-refractivity contribution in [1.82, 2.24) is 10.3 Å². The molecule has 0 aliphatic heterocycles. The zero-order valence-electron chi connectivity index (χ0n) is 12.0. The number of nitrogens with two attached hydrogens (primary N) is 1. The van der Waals surface area contributed by atoms with Crippen LogP contribution in [0.15, 0.2) is 36.4 Å². The van der Waals surface area contributed by atoms with Crippen LogP contribution in [0.3, 0.4) is 0 Å². The second-order valence-electron chi connectivity index (χ2n) is 4.53. The molecule has 3 N–H and O–H groups in total. The molecule has 2 aromatic rings. The molecule has 2 rings (SSSR count). The fraction of sp³-hybridized carbons (Fsp3) is 0.438. The molecule has 0 spiro atoms. The van der Waals surface area contributed by atoms with Gasteiger partial charge in [-0.05, 0) is 44.1 Å². The summed E-state index contributed by atoms with van der Waals surface area (Å²) in [5.74, 6) is 0.573. The molecule has 0 fully saturated rings. The van der Waals surface area contributed by atoms with E-state index >= 15 is 0 Å². The van der Waals surface area contributed by atoms with Gasteiger partial charge in [-0.15, -0.1) is 0 Å². The zero-order chi connectivity index (χ0) is 13.9. The standard InChI is InChI=1S/C9H8N2.C7H17N/c10-9-6-5-7-3-1-2-4-8(7)11-9;1-3-5-7-8-6-4-2/h1-6H,(H2,10,11);8H,3-7H2,1-2H3. The van der Waals surface area contributed by atoms with Crippen molar-refractivity contribution in [2.24, 2.45) is 0 Å². The summed E-state index contributed by atoms with van der Waals surface area (Å²) in [5, 5.41) is 4.46. The fourth-order valence-corrected chi connectivity index (χ4v) is 1.69. The van der Waals surface area contributed by atoms with Crippen molar-refractivity contribution in [3.63, 3.8) is 0 Å². The van der Waals surface area contributed by atoms with Crippen molar-refractivity contribution < 1.29 is 0 Å². The van der Waals surface area contributed by atoms with Crippen LogP contribution in [0.25, 0.3) is 10.9 Å². The number of nitrogens with zero attached hydrogens (tertiary/aromatic N) is 1. The number of rotatable bonds is 5. The number of pyridine rings is 1. The van der Waals surface area contributed by atoms with E-state index in [2.05, 4.69) is 24.1 Å². The lowest BCUT2D eigenvalue weighted by Gasteiger charge is -1.98. The van der Waals surface area contributed by atoms with Crippen LogP contribution in [0.5, 0.6) is 0 Å². The third-order valence-corrected chi connectivity index (χ3v) is 2.75. The molecule has 0 radical (unpaired) electrons. The van der Waals surface area contributed by atoms with Crippen LogP contribution in [-0.4, -0.2) is 18.1 Å². The van der Waals surface area contributed by atoms with Gasteiger partial charge in [0.2, 0.25) is 0 Å². The molecule has 0 bridgehead atoms. The first-order chi connectivity index (χ1) is 9.27. The van der Waals surface area contributed by atoms with E-state index in [1.807, 2.05) is 36.4 Å². The Labute approximate surface area is 116 Å². The smallest absolute Gasteiger partial charge is 0.124 e. The highest BCUT2D eigenvalue weighted by Gasteiger charge is 1.91. The van der Waals surface area contributed by atoms with Gasteiger partial charge in [0.05, 0.1) is 5.52 Å². The molecule has 104 valence electrons. The Balaban J connectivity index is 0.000000203. The number of anilines is 1. The van der Waals surface area contributed by atoms with Crippen molar-refractivity contribution >= 4 is 16.7 Å². The van der Waals surface area contributed by atoms with Crippen molar-refractivity contribution in [1.29, 1.82) is 0 Å². The summed E-state index contributed by atoms with van der Waals surface area (Å²) in [4.78, 5) is 4.15. The number of hydrogen-bond acceptors (Lipinski definition) is 3. The Morgan fingerprint density at radius 2 is 1.79 bits per heavy atom. The second kappa shape index (κ2) is 9.34. The maximum absolute atomic E-state index is 5.51. The number of hydrogen-bond donors (Lipinski definition) is 2. The molecular formula is C16H25N3. The van der Waals surface area contributed by atoms with Crippen LogP contribution in [-0.2, 0) is 0 Å². The Morgan fingerprint density at radius 3 is 2.53 bits per heavy atom. The Kier molecular flexibility index (Phi) is 7.59. The molecule has 0 atom stereocenters. The molecule has 0 saturated heterocycles. The van der Waals surface area contributed by atoms with E-state index in [9.17, 15) is 0 Å². The number of benzene rings is 1. The van der Waals surface area contributed by atoms with E-state index in [-0.39, 0.29) is 0 Å². The Morgan fingerprint density at radius 1 is 1.00 bits per heavy atom. The first-order valence-electron chi connectivity index (χ1n) is 7.10. The van der Waals surface area contributed by atoms with Crippen LogP contribution < -0.4 is 11.1 Å².